The zero-order valence-electron chi connectivity index (χ0n) is 9.97. The molecule has 0 saturated heterocycles. The van der Waals surface area contributed by atoms with Gasteiger partial charge in [-0.1, -0.05) is 29.3 Å². The van der Waals surface area contributed by atoms with Gasteiger partial charge < -0.3 is 11.1 Å². The molecule has 100 valence electrons. The predicted molar refractivity (Wildman–Crippen MR) is 70.1 cm³/mol. The van der Waals surface area contributed by atoms with Crippen molar-refractivity contribution in [3.63, 3.8) is 0 Å². The molecule has 0 aliphatic heterocycles. The SMILES string of the molecule is CCC(CN)CC(=O)Nc1c(F)cc(Br)cc1F. The number of nitrogens with one attached hydrogen (secondary N) is 1. The van der Waals surface area contributed by atoms with Crippen molar-refractivity contribution >= 4 is 27.5 Å². The van der Waals surface area contributed by atoms with Gasteiger partial charge in [0.15, 0.2) is 11.6 Å². The van der Waals surface area contributed by atoms with Crippen molar-refractivity contribution in [1.29, 1.82) is 0 Å². The summed E-state index contributed by atoms with van der Waals surface area (Å²) >= 11 is 2.97. The molecule has 0 aromatic heterocycles. The largest absolute Gasteiger partial charge is 0.330 e. The first kappa shape index (κ1) is 15.0. The van der Waals surface area contributed by atoms with Gasteiger partial charge in [0.05, 0.1) is 0 Å². The molecule has 6 heteroatoms. The van der Waals surface area contributed by atoms with Gasteiger partial charge in [0.1, 0.15) is 5.69 Å². The van der Waals surface area contributed by atoms with Gasteiger partial charge in [-0.3, -0.25) is 4.79 Å². The van der Waals surface area contributed by atoms with E-state index < -0.39 is 23.2 Å². The number of anilines is 1. The Labute approximate surface area is 113 Å². The van der Waals surface area contributed by atoms with Crippen LogP contribution in [0.4, 0.5) is 14.5 Å². The molecule has 0 radical (unpaired) electrons. The Morgan fingerprint density at radius 1 is 1.44 bits per heavy atom. The monoisotopic (exact) mass is 320 g/mol. The predicted octanol–water partition coefficient (Wildman–Crippen LogP) is 3.04. The molecular weight excluding hydrogens is 306 g/mol. The van der Waals surface area contributed by atoms with Gasteiger partial charge >= 0.3 is 0 Å². The zero-order valence-corrected chi connectivity index (χ0v) is 11.6. The van der Waals surface area contributed by atoms with Crippen LogP contribution in [-0.4, -0.2) is 12.5 Å². The first-order valence-corrected chi connectivity index (χ1v) is 6.41. The molecule has 3 N–H and O–H groups in total. The zero-order chi connectivity index (χ0) is 13.7. The van der Waals surface area contributed by atoms with Crippen LogP contribution in [-0.2, 0) is 4.79 Å². The molecular formula is C12H15BrF2N2O. The van der Waals surface area contributed by atoms with E-state index in [2.05, 4.69) is 21.2 Å². The number of amides is 1. The molecule has 1 unspecified atom stereocenters. The highest BCUT2D eigenvalue weighted by atomic mass is 79.9. The van der Waals surface area contributed by atoms with E-state index in [0.717, 1.165) is 18.6 Å². The first-order valence-electron chi connectivity index (χ1n) is 5.62. The first-order chi connectivity index (χ1) is 8.47. The van der Waals surface area contributed by atoms with E-state index in [-0.39, 0.29) is 16.8 Å². The number of carbonyl (C=O) groups is 1. The second-order valence-electron chi connectivity index (χ2n) is 4.01. The topological polar surface area (TPSA) is 55.1 Å². The van der Waals surface area contributed by atoms with Crippen LogP contribution in [0.15, 0.2) is 16.6 Å². The van der Waals surface area contributed by atoms with Gasteiger partial charge in [0, 0.05) is 10.9 Å². The molecule has 0 aliphatic carbocycles. The van der Waals surface area contributed by atoms with Crippen LogP contribution in [0.25, 0.3) is 0 Å². The van der Waals surface area contributed by atoms with Crippen LogP contribution >= 0.6 is 15.9 Å². The van der Waals surface area contributed by atoms with Gasteiger partial charge in [-0.15, -0.1) is 0 Å². The van der Waals surface area contributed by atoms with Crippen LogP contribution < -0.4 is 11.1 Å². The van der Waals surface area contributed by atoms with Crippen LogP contribution in [0.2, 0.25) is 0 Å². The Morgan fingerprint density at radius 3 is 2.44 bits per heavy atom. The Morgan fingerprint density at radius 2 is 2.00 bits per heavy atom. The average Bonchev–Trinajstić information content (AvgIpc) is 2.30. The molecule has 3 nitrogen and oxygen atoms in total. The highest BCUT2D eigenvalue weighted by Gasteiger charge is 2.16. The van der Waals surface area contributed by atoms with Gasteiger partial charge in [0.2, 0.25) is 5.91 Å². The smallest absolute Gasteiger partial charge is 0.224 e. The van der Waals surface area contributed by atoms with E-state index >= 15 is 0 Å². The average molecular weight is 321 g/mol. The quantitative estimate of drug-likeness (QED) is 0.876. The lowest BCUT2D eigenvalue weighted by atomic mass is 10.0. The normalized spacial score (nSPS) is 12.3. The molecule has 1 amide bonds. The fourth-order valence-electron chi connectivity index (χ4n) is 1.51. The summed E-state index contributed by atoms with van der Waals surface area (Å²) in [5, 5.41) is 2.24. The van der Waals surface area contributed by atoms with Crippen molar-refractivity contribution in [3.8, 4) is 0 Å². The molecule has 0 aliphatic rings. The minimum atomic E-state index is -0.809. The Bertz CT molecular complexity index is 413. The highest BCUT2D eigenvalue weighted by Crippen LogP contribution is 2.24. The van der Waals surface area contributed by atoms with Crippen LogP contribution in [0.3, 0.4) is 0 Å². The molecule has 0 heterocycles. The number of carbonyl (C=O) groups excluding carboxylic acids is 1. The molecule has 1 aromatic rings. The lowest BCUT2D eigenvalue weighted by molar-refractivity contribution is -0.117. The number of halogens is 3. The third-order valence-electron chi connectivity index (χ3n) is 2.66. The van der Waals surface area contributed by atoms with E-state index in [4.69, 9.17) is 5.73 Å². The summed E-state index contributed by atoms with van der Waals surface area (Å²) < 4.78 is 27.2. The molecule has 0 fully saturated rings. The Balaban J connectivity index is 2.76. The number of rotatable bonds is 5. The third kappa shape index (κ3) is 4.03. The van der Waals surface area contributed by atoms with E-state index in [1.54, 1.807) is 0 Å². The third-order valence-corrected chi connectivity index (χ3v) is 3.11. The number of nitrogens with two attached hydrogens (primary N) is 1. The standard InChI is InChI=1S/C12H15BrF2N2O/c1-2-7(6-16)3-11(18)17-12-9(14)4-8(13)5-10(12)15/h4-5,7H,2-3,6,16H2,1H3,(H,17,18). The number of benzene rings is 1. The molecule has 0 saturated carbocycles. The van der Waals surface area contributed by atoms with E-state index in [9.17, 15) is 13.6 Å². The Hall–Kier alpha value is -1.01. The second-order valence-corrected chi connectivity index (χ2v) is 4.92. The van der Waals surface area contributed by atoms with E-state index in [1.165, 1.54) is 0 Å². The number of hydrogen-bond acceptors (Lipinski definition) is 2. The van der Waals surface area contributed by atoms with Crippen molar-refractivity contribution in [2.24, 2.45) is 11.7 Å². The summed E-state index contributed by atoms with van der Waals surface area (Å²) in [6.45, 7) is 2.28. The van der Waals surface area contributed by atoms with Gasteiger partial charge in [-0.2, -0.15) is 0 Å². The van der Waals surface area contributed by atoms with Crippen molar-refractivity contribution in [1.82, 2.24) is 0 Å². The summed E-state index contributed by atoms with van der Waals surface area (Å²) in [7, 11) is 0. The van der Waals surface area contributed by atoms with Crippen LogP contribution in [0.5, 0.6) is 0 Å². The van der Waals surface area contributed by atoms with Gasteiger partial charge in [-0.25, -0.2) is 8.78 Å². The summed E-state index contributed by atoms with van der Waals surface area (Å²) in [6, 6.07) is 2.19. The number of hydrogen-bond donors (Lipinski definition) is 2. The lowest BCUT2D eigenvalue weighted by Crippen LogP contribution is -2.22. The minimum absolute atomic E-state index is 0.0200. The maximum absolute atomic E-state index is 13.5. The van der Waals surface area contributed by atoms with Crippen molar-refractivity contribution in [2.45, 2.75) is 19.8 Å². The Kier molecular flexibility index (Phi) is 5.68. The summed E-state index contributed by atoms with van der Waals surface area (Å²) in [5.74, 6) is -2.04. The maximum Gasteiger partial charge on any atom is 0.224 e. The van der Waals surface area contributed by atoms with Gasteiger partial charge in [-0.05, 0) is 24.6 Å². The molecule has 18 heavy (non-hydrogen) atoms. The van der Waals surface area contributed by atoms with Crippen molar-refractivity contribution in [3.05, 3.63) is 28.2 Å². The molecule has 1 aromatic carbocycles. The summed E-state index contributed by atoms with van der Waals surface area (Å²) in [5.41, 5.74) is 5.05. The van der Waals surface area contributed by atoms with E-state index in [0.29, 0.717) is 6.54 Å². The molecule has 0 spiro atoms. The van der Waals surface area contributed by atoms with Gasteiger partial charge in [0.25, 0.3) is 0 Å². The van der Waals surface area contributed by atoms with Crippen molar-refractivity contribution in [2.75, 3.05) is 11.9 Å². The fraction of sp³-hybridized carbons (Fsp3) is 0.417. The van der Waals surface area contributed by atoms with E-state index in [1.807, 2.05) is 6.92 Å². The molecule has 1 rings (SSSR count). The lowest BCUT2D eigenvalue weighted by Gasteiger charge is -2.13. The second kappa shape index (κ2) is 6.80. The highest BCUT2D eigenvalue weighted by molar-refractivity contribution is 9.10. The maximum atomic E-state index is 13.5. The molecule has 1 atom stereocenters. The summed E-state index contributed by atoms with van der Waals surface area (Å²) in [6.07, 6.45) is 0.900. The fourth-order valence-corrected chi connectivity index (χ4v) is 1.91. The molecule has 0 bridgehead atoms. The minimum Gasteiger partial charge on any atom is -0.330 e. The summed E-state index contributed by atoms with van der Waals surface area (Å²) in [4.78, 5) is 11.6. The van der Waals surface area contributed by atoms with Crippen LogP contribution in [0.1, 0.15) is 19.8 Å². The van der Waals surface area contributed by atoms with Crippen molar-refractivity contribution < 1.29 is 13.6 Å². The van der Waals surface area contributed by atoms with Crippen LogP contribution in [0, 0.1) is 17.6 Å².